The Balaban J connectivity index is 1.47. The van der Waals surface area contributed by atoms with Crippen molar-refractivity contribution in [2.75, 3.05) is 32.9 Å². The van der Waals surface area contributed by atoms with E-state index in [9.17, 15) is 0 Å². The summed E-state index contributed by atoms with van der Waals surface area (Å²) in [5.41, 5.74) is 10.8. The van der Waals surface area contributed by atoms with Gasteiger partial charge in [-0.3, -0.25) is 4.90 Å². The minimum absolute atomic E-state index is 0.212. The Morgan fingerprint density at radius 1 is 1.16 bits per heavy atom. The lowest BCUT2D eigenvalue weighted by atomic mass is 10.0. The van der Waals surface area contributed by atoms with Crippen molar-refractivity contribution in [1.29, 1.82) is 0 Å². The Hall–Kier alpha value is -2.37. The Morgan fingerprint density at radius 3 is 2.64 bits per heavy atom. The van der Waals surface area contributed by atoms with Crippen LogP contribution in [0, 0.1) is 0 Å². The lowest BCUT2D eigenvalue weighted by Gasteiger charge is -2.20. The fraction of sp³-hybridized carbons (Fsp3) is 0.350. The van der Waals surface area contributed by atoms with Crippen LogP contribution in [0.4, 0.5) is 6.01 Å². The van der Waals surface area contributed by atoms with Gasteiger partial charge in [0.25, 0.3) is 6.01 Å². The van der Waals surface area contributed by atoms with Gasteiger partial charge < -0.3 is 15.1 Å². The molecular formula is C20H24N4O. The van der Waals surface area contributed by atoms with Crippen LogP contribution in [0.5, 0.6) is 0 Å². The number of rotatable bonds is 4. The number of nitrogen functional groups attached to an aromatic ring is 1. The van der Waals surface area contributed by atoms with Crippen LogP contribution in [0.3, 0.4) is 0 Å². The van der Waals surface area contributed by atoms with E-state index in [0.29, 0.717) is 6.04 Å². The summed E-state index contributed by atoms with van der Waals surface area (Å²) in [6, 6.07) is 15.7. The van der Waals surface area contributed by atoms with Gasteiger partial charge in [0.05, 0.1) is 0 Å². The summed E-state index contributed by atoms with van der Waals surface area (Å²) < 4.78 is 5.43. The fourth-order valence-corrected chi connectivity index (χ4v) is 3.56. The Bertz CT molecular complexity index is 869. The van der Waals surface area contributed by atoms with Crippen LogP contribution >= 0.6 is 0 Å². The lowest BCUT2D eigenvalue weighted by Crippen LogP contribution is -2.31. The second kappa shape index (κ2) is 6.50. The zero-order chi connectivity index (χ0) is 17.4. The molecule has 1 saturated heterocycles. The predicted molar refractivity (Wildman–Crippen MR) is 101 cm³/mol. The van der Waals surface area contributed by atoms with Gasteiger partial charge in [0.2, 0.25) is 0 Å². The number of benzene rings is 2. The number of aromatic nitrogens is 1. The molecule has 0 radical (unpaired) electrons. The number of oxazole rings is 1. The molecule has 0 bridgehead atoms. The topological polar surface area (TPSA) is 58.5 Å². The van der Waals surface area contributed by atoms with Gasteiger partial charge in [0, 0.05) is 25.7 Å². The van der Waals surface area contributed by atoms with Crippen LogP contribution in [-0.2, 0) is 6.54 Å². The second-order valence-electron chi connectivity index (χ2n) is 7.07. The van der Waals surface area contributed by atoms with Crippen molar-refractivity contribution in [1.82, 2.24) is 14.8 Å². The van der Waals surface area contributed by atoms with Crippen molar-refractivity contribution in [2.45, 2.75) is 19.0 Å². The zero-order valence-electron chi connectivity index (χ0n) is 14.8. The number of hydrogen-bond donors (Lipinski definition) is 1. The number of nitrogens with two attached hydrogens (primary N) is 1. The number of hydrogen-bond acceptors (Lipinski definition) is 5. The summed E-state index contributed by atoms with van der Waals surface area (Å²) in [6.07, 6.45) is 1.26. The highest BCUT2D eigenvalue weighted by molar-refractivity contribution is 5.81. The van der Waals surface area contributed by atoms with Crippen molar-refractivity contribution in [3.63, 3.8) is 0 Å². The van der Waals surface area contributed by atoms with Crippen LogP contribution in [0.1, 0.15) is 12.0 Å². The zero-order valence-corrected chi connectivity index (χ0v) is 14.8. The van der Waals surface area contributed by atoms with E-state index >= 15 is 0 Å². The van der Waals surface area contributed by atoms with Crippen LogP contribution in [0.15, 0.2) is 46.9 Å². The van der Waals surface area contributed by atoms with Gasteiger partial charge >= 0.3 is 0 Å². The van der Waals surface area contributed by atoms with Crippen molar-refractivity contribution in [3.05, 3.63) is 48.0 Å². The Kier molecular flexibility index (Phi) is 4.19. The van der Waals surface area contributed by atoms with Crippen molar-refractivity contribution >= 4 is 17.1 Å². The fourth-order valence-electron chi connectivity index (χ4n) is 3.56. The number of likely N-dealkylation sites (N-methyl/N-ethyl adjacent to an activating group) is 1. The molecule has 0 aliphatic carbocycles. The first-order valence-corrected chi connectivity index (χ1v) is 8.72. The van der Waals surface area contributed by atoms with Crippen molar-refractivity contribution in [2.24, 2.45) is 0 Å². The van der Waals surface area contributed by atoms with Gasteiger partial charge in [-0.25, -0.2) is 0 Å². The van der Waals surface area contributed by atoms with Crippen LogP contribution < -0.4 is 5.73 Å². The molecular weight excluding hydrogens is 312 g/mol. The van der Waals surface area contributed by atoms with Crippen molar-refractivity contribution < 1.29 is 4.42 Å². The maximum absolute atomic E-state index is 5.62. The van der Waals surface area contributed by atoms with Crippen LogP contribution in [0.25, 0.3) is 22.2 Å². The molecule has 1 atom stereocenters. The molecule has 0 amide bonds. The molecule has 2 aromatic carbocycles. The largest absolute Gasteiger partial charge is 0.424 e. The van der Waals surface area contributed by atoms with E-state index in [0.717, 1.165) is 29.8 Å². The summed E-state index contributed by atoms with van der Waals surface area (Å²) in [7, 11) is 4.34. The molecule has 5 nitrogen and oxygen atoms in total. The summed E-state index contributed by atoms with van der Waals surface area (Å²) >= 11 is 0. The molecule has 4 rings (SSSR count). The molecule has 1 unspecified atom stereocenters. The molecule has 2 heterocycles. The normalized spacial score (nSPS) is 18.4. The van der Waals surface area contributed by atoms with Gasteiger partial charge in [-0.15, -0.1) is 0 Å². The molecule has 1 aliphatic rings. The summed E-state index contributed by atoms with van der Waals surface area (Å²) in [5.74, 6) is 0. The molecule has 130 valence electrons. The number of anilines is 1. The first-order chi connectivity index (χ1) is 12.1. The third kappa shape index (κ3) is 3.38. The first-order valence-electron chi connectivity index (χ1n) is 8.72. The highest BCUT2D eigenvalue weighted by Gasteiger charge is 2.23. The minimum Gasteiger partial charge on any atom is -0.424 e. The Morgan fingerprint density at radius 2 is 1.92 bits per heavy atom. The maximum Gasteiger partial charge on any atom is 0.292 e. The maximum atomic E-state index is 5.62. The number of fused-ring (bicyclic) bond motifs is 1. The quantitative estimate of drug-likeness (QED) is 0.793. The van der Waals surface area contributed by atoms with E-state index in [1.807, 2.05) is 12.1 Å². The third-order valence-electron chi connectivity index (χ3n) is 5.08. The van der Waals surface area contributed by atoms with Gasteiger partial charge in [-0.05, 0) is 49.3 Å². The monoisotopic (exact) mass is 336 g/mol. The molecule has 1 aliphatic heterocycles. The van der Waals surface area contributed by atoms with E-state index < -0.39 is 0 Å². The number of nitrogens with zero attached hydrogens (tertiary/aromatic N) is 3. The molecule has 3 aromatic rings. The SMILES string of the molecule is CN(C)C1CCN(Cc2ccc(-c3ccc4nc(N)oc4c3)cc2)C1. The van der Waals surface area contributed by atoms with E-state index in [2.05, 4.69) is 59.2 Å². The van der Waals surface area contributed by atoms with Gasteiger partial charge in [-0.1, -0.05) is 30.3 Å². The average Bonchev–Trinajstić information content (AvgIpc) is 3.20. The molecule has 2 N–H and O–H groups in total. The van der Waals surface area contributed by atoms with Gasteiger partial charge in [0.1, 0.15) is 5.52 Å². The smallest absolute Gasteiger partial charge is 0.292 e. The van der Waals surface area contributed by atoms with Gasteiger partial charge in [-0.2, -0.15) is 4.98 Å². The predicted octanol–water partition coefficient (Wildman–Crippen LogP) is 3.21. The molecule has 0 spiro atoms. The van der Waals surface area contributed by atoms with E-state index in [1.165, 1.54) is 24.1 Å². The summed E-state index contributed by atoms with van der Waals surface area (Å²) in [6.45, 7) is 3.34. The van der Waals surface area contributed by atoms with Gasteiger partial charge in [0.15, 0.2) is 5.58 Å². The third-order valence-corrected chi connectivity index (χ3v) is 5.08. The summed E-state index contributed by atoms with van der Waals surface area (Å²) in [4.78, 5) is 9.00. The standard InChI is InChI=1S/C20H24N4O/c1-23(2)17-9-10-24(13-17)12-14-3-5-15(6-4-14)16-7-8-18-19(11-16)25-20(21)22-18/h3-8,11,17H,9-10,12-13H2,1-2H3,(H2,21,22). The first kappa shape index (κ1) is 16.1. The Labute approximate surface area is 148 Å². The average molecular weight is 336 g/mol. The van der Waals surface area contributed by atoms with Crippen LogP contribution in [0.2, 0.25) is 0 Å². The molecule has 0 saturated carbocycles. The molecule has 1 fully saturated rings. The minimum atomic E-state index is 0.212. The highest BCUT2D eigenvalue weighted by Crippen LogP contribution is 2.26. The molecule has 1 aromatic heterocycles. The van der Waals surface area contributed by atoms with Crippen LogP contribution in [-0.4, -0.2) is 48.0 Å². The van der Waals surface area contributed by atoms with E-state index in [4.69, 9.17) is 10.2 Å². The number of likely N-dealkylation sites (tertiary alicyclic amines) is 1. The molecule has 25 heavy (non-hydrogen) atoms. The van der Waals surface area contributed by atoms with Crippen molar-refractivity contribution in [3.8, 4) is 11.1 Å². The second-order valence-corrected chi connectivity index (χ2v) is 7.07. The molecule has 5 heteroatoms. The lowest BCUT2D eigenvalue weighted by molar-refractivity contribution is 0.264. The summed E-state index contributed by atoms with van der Waals surface area (Å²) in [5, 5.41) is 0. The highest BCUT2D eigenvalue weighted by atomic mass is 16.4. The van der Waals surface area contributed by atoms with E-state index in [1.54, 1.807) is 0 Å². The van der Waals surface area contributed by atoms with E-state index in [-0.39, 0.29) is 6.01 Å².